The van der Waals surface area contributed by atoms with E-state index in [0.29, 0.717) is 23.7 Å². The molecule has 2 heterocycles. The summed E-state index contributed by atoms with van der Waals surface area (Å²) < 4.78 is 26.1. The molecule has 0 aliphatic heterocycles. The van der Waals surface area contributed by atoms with Crippen LogP contribution in [0.4, 0.5) is 4.39 Å². The maximum atomic E-state index is 13.5. The van der Waals surface area contributed by atoms with Crippen molar-refractivity contribution in [2.24, 2.45) is 0 Å². The molecule has 28 heavy (non-hydrogen) atoms. The van der Waals surface area contributed by atoms with Crippen molar-refractivity contribution in [3.8, 4) is 22.8 Å². The summed E-state index contributed by atoms with van der Waals surface area (Å²) in [4.78, 5) is 8.84. The molecule has 0 aliphatic carbocycles. The molecule has 0 saturated carbocycles. The fourth-order valence-electron chi connectivity index (χ4n) is 3.08. The van der Waals surface area contributed by atoms with Crippen molar-refractivity contribution in [2.45, 2.75) is 6.54 Å². The average Bonchev–Trinajstić information content (AvgIpc) is 3.12. The quantitative estimate of drug-likeness (QED) is 0.477. The first kappa shape index (κ1) is 18.3. The molecule has 0 atom stereocenters. The summed E-state index contributed by atoms with van der Waals surface area (Å²) in [6, 6.07) is 12.3. The number of benzene rings is 2. The SMILES string of the molecule is COc1ccc(Cn2cnc3cnc(-c4ccc(F)c(Cl)c4)cc32)cc1OC. The molecule has 5 nitrogen and oxygen atoms in total. The highest BCUT2D eigenvalue weighted by atomic mass is 35.5. The second kappa shape index (κ2) is 7.48. The van der Waals surface area contributed by atoms with E-state index in [1.165, 1.54) is 6.07 Å². The first-order chi connectivity index (χ1) is 13.6. The zero-order chi connectivity index (χ0) is 19.7. The summed E-state index contributed by atoms with van der Waals surface area (Å²) in [6.45, 7) is 0.602. The lowest BCUT2D eigenvalue weighted by molar-refractivity contribution is 0.354. The second-order valence-electron chi connectivity index (χ2n) is 6.25. The van der Waals surface area contributed by atoms with Crippen LogP contribution in [-0.4, -0.2) is 28.8 Å². The summed E-state index contributed by atoms with van der Waals surface area (Å²) >= 11 is 5.91. The summed E-state index contributed by atoms with van der Waals surface area (Å²) in [5.41, 5.74) is 4.17. The van der Waals surface area contributed by atoms with Crippen LogP contribution in [0.25, 0.3) is 22.3 Å². The van der Waals surface area contributed by atoms with E-state index in [0.717, 1.165) is 22.2 Å². The van der Waals surface area contributed by atoms with Crippen molar-refractivity contribution >= 4 is 22.6 Å². The van der Waals surface area contributed by atoms with E-state index >= 15 is 0 Å². The maximum Gasteiger partial charge on any atom is 0.161 e. The number of aromatic nitrogens is 3. The number of methoxy groups -OCH3 is 2. The van der Waals surface area contributed by atoms with Gasteiger partial charge in [0.25, 0.3) is 0 Å². The first-order valence-corrected chi connectivity index (χ1v) is 8.94. The number of imidazole rings is 1. The van der Waals surface area contributed by atoms with Crippen LogP contribution in [0.3, 0.4) is 0 Å². The van der Waals surface area contributed by atoms with Crippen molar-refractivity contribution in [1.82, 2.24) is 14.5 Å². The van der Waals surface area contributed by atoms with Gasteiger partial charge in [-0.3, -0.25) is 4.98 Å². The van der Waals surface area contributed by atoms with E-state index < -0.39 is 5.82 Å². The molecule has 0 fully saturated rings. The highest BCUT2D eigenvalue weighted by Gasteiger charge is 2.10. The van der Waals surface area contributed by atoms with Crippen molar-refractivity contribution in [2.75, 3.05) is 14.2 Å². The summed E-state index contributed by atoms with van der Waals surface area (Å²) in [5.74, 6) is 0.902. The smallest absolute Gasteiger partial charge is 0.161 e. The molecule has 4 aromatic rings. The minimum absolute atomic E-state index is 0.0678. The fourth-order valence-corrected chi connectivity index (χ4v) is 3.26. The summed E-state index contributed by atoms with van der Waals surface area (Å²) in [7, 11) is 3.22. The Kier molecular flexibility index (Phi) is 4.88. The molecular formula is C21H17ClFN3O2. The van der Waals surface area contributed by atoms with Crippen LogP contribution in [0.5, 0.6) is 11.5 Å². The third kappa shape index (κ3) is 3.39. The molecular weight excluding hydrogens is 381 g/mol. The summed E-state index contributed by atoms with van der Waals surface area (Å²) in [5, 5.41) is 0.0678. The Morgan fingerprint density at radius 2 is 1.82 bits per heavy atom. The average molecular weight is 398 g/mol. The number of ether oxygens (including phenoxy) is 2. The maximum absolute atomic E-state index is 13.5. The van der Waals surface area contributed by atoms with Crippen LogP contribution >= 0.6 is 11.6 Å². The number of pyridine rings is 1. The zero-order valence-corrected chi connectivity index (χ0v) is 16.1. The predicted octanol–water partition coefficient (Wildman–Crippen LogP) is 4.96. The monoisotopic (exact) mass is 397 g/mol. The van der Waals surface area contributed by atoms with E-state index in [9.17, 15) is 4.39 Å². The van der Waals surface area contributed by atoms with Crippen molar-refractivity contribution < 1.29 is 13.9 Å². The third-order valence-corrected chi connectivity index (χ3v) is 4.81. The molecule has 0 aliphatic rings. The number of halogens is 2. The Hall–Kier alpha value is -3.12. The zero-order valence-electron chi connectivity index (χ0n) is 15.3. The second-order valence-corrected chi connectivity index (χ2v) is 6.66. The molecule has 4 rings (SSSR count). The van der Waals surface area contributed by atoms with Crippen LogP contribution in [0.2, 0.25) is 5.02 Å². The molecule has 142 valence electrons. The molecule has 2 aromatic heterocycles. The standard InChI is InChI=1S/C21H17ClFN3O2/c1-27-20-6-3-13(7-21(20)28-2)11-26-12-25-18-10-24-17(9-19(18)26)14-4-5-16(23)15(22)8-14/h3-10,12H,11H2,1-2H3. The number of hydrogen-bond donors (Lipinski definition) is 0. The van der Waals surface area contributed by atoms with Gasteiger partial charge >= 0.3 is 0 Å². The van der Waals surface area contributed by atoms with E-state index in [1.807, 2.05) is 28.8 Å². The molecule has 2 aromatic carbocycles. The van der Waals surface area contributed by atoms with Crippen LogP contribution in [-0.2, 0) is 6.54 Å². The molecule has 0 bridgehead atoms. The van der Waals surface area contributed by atoms with Gasteiger partial charge in [-0.05, 0) is 42.0 Å². The van der Waals surface area contributed by atoms with Crippen LogP contribution in [0.15, 0.2) is 55.0 Å². The van der Waals surface area contributed by atoms with Crippen molar-refractivity contribution in [3.63, 3.8) is 0 Å². The summed E-state index contributed by atoms with van der Waals surface area (Å²) in [6.07, 6.45) is 3.47. The highest BCUT2D eigenvalue weighted by molar-refractivity contribution is 6.31. The predicted molar refractivity (Wildman–Crippen MR) is 107 cm³/mol. The van der Waals surface area contributed by atoms with E-state index in [2.05, 4.69) is 9.97 Å². The molecule has 0 radical (unpaired) electrons. The Labute approximate surface area is 166 Å². The number of nitrogens with zero attached hydrogens (tertiary/aromatic N) is 3. The van der Waals surface area contributed by atoms with Gasteiger partial charge in [0, 0.05) is 12.1 Å². The molecule has 7 heteroatoms. The van der Waals surface area contributed by atoms with Gasteiger partial charge in [-0.2, -0.15) is 0 Å². The fraction of sp³-hybridized carbons (Fsp3) is 0.143. The van der Waals surface area contributed by atoms with Crippen molar-refractivity contribution in [1.29, 1.82) is 0 Å². The van der Waals surface area contributed by atoms with Crippen LogP contribution in [0.1, 0.15) is 5.56 Å². The van der Waals surface area contributed by atoms with Gasteiger partial charge in [-0.25, -0.2) is 9.37 Å². The number of hydrogen-bond acceptors (Lipinski definition) is 4. The van der Waals surface area contributed by atoms with Gasteiger partial charge in [-0.15, -0.1) is 0 Å². The van der Waals surface area contributed by atoms with E-state index in [1.54, 1.807) is 38.9 Å². The highest BCUT2D eigenvalue weighted by Crippen LogP contribution is 2.29. The first-order valence-electron chi connectivity index (χ1n) is 8.56. The third-order valence-electron chi connectivity index (χ3n) is 4.52. The molecule has 0 spiro atoms. The van der Waals surface area contributed by atoms with E-state index in [4.69, 9.17) is 21.1 Å². The molecule has 0 N–H and O–H groups in total. The Bertz CT molecular complexity index is 1160. The largest absolute Gasteiger partial charge is 0.493 e. The lowest BCUT2D eigenvalue weighted by Crippen LogP contribution is -2.00. The van der Waals surface area contributed by atoms with Crippen LogP contribution in [0, 0.1) is 5.82 Å². The van der Waals surface area contributed by atoms with Crippen LogP contribution < -0.4 is 9.47 Å². The minimum atomic E-state index is -0.454. The van der Waals surface area contributed by atoms with Gasteiger partial charge in [0.15, 0.2) is 11.5 Å². The minimum Gasteiger partial charge on any atom is -0.493 e. The number of rotatable bonds is 5. The Morgan fingerprint density at radius 3 is 2.57 bits per heavy atom. The van der Waals surface area contributed by atoms with E-state index in [-0.39, 0.29) is 5.02 Å². The van der Waals surface area contributed by atoms with Gasteiger partial charge < -0.3 is 14.0 Å². The molecule has 0 unspecified atom stereocenters. The lowest BCUT2D eigenvalue weighted by Gasteiger charge is -2.11. The molecule has 0 saturated heterocycles. The Morgan fingerprint density at radius 1 is 1.00 bits per heavy atom. The number of fused-ring (bicyclic) bond motifs is 1. The van der Waals surface area contributed by atoms with Gasteiger partial charge in [-0.1, -0.05) is 17.7 Å². The topological polar surface area (TPSA) is 49.2 Å². The van der Waals surface area contributed by atoms with Gasteiger partial charge in [0.05, 0.1) is 43.0 Å². The Balaban J connectivity index is 1.71. The normalized spacial score (nSPS) is 11.0. The molecule has 0 amide bonds. The van der Waals surface area contributed by atoms with Crippen molar-refractivity contribution in [3.05, 3.63) is 71.4 Å². The van der Waals surface area contributed by atoms with Gasteiger partial charge in [0.2, 0.25) is 0 Å². The van der Waals surface area contributed by atoms with Gasteiger partial charge in [0.1, 0.15) is 11.3 Å². The lowest BCUT2D eigenvalue weighted by atomic mass is 10.1.